The Morgan fingerprint density at radius 1 is 1.10 bits per heavy atom. The molecule has 2 heterocycles. The quantitative estimate of drug-likeness (QED) is 0.373. The zero-order valence-electron chi connectivity index (χ0n) is 23.1. The van der Waals surface area contributed by atoms with E-state index in [2.05, 4.69) is 34.5 Å². The molecule has 1 saturated carbocycles. The first-order chi connectivity index (χ1) is 18.7. The molecular formula is C32H41ClN2O3S. The lowest BCUT2D eigenvalue weighted by Crippen LogP contribution is -2.49. The van der Waals surface area contributed by atoms with Gasteiger partial charge in [0.15, 0.2) is 0 Å². The Kier molecular flexibility index (Phi) is 7.39. The summed E-state index contributed by atoms with van der Waals surface area (Å²) >= 11 is 6.41. The van der Waals surface area contributed by atoms with Crippen LogP contribution in [-0.4, -0.2) is 41.4 Å². The van der Waals surface area contributed by atoms with E-state index in [1.807, 2.05) is 18.2 Å². The van der Waals surface area contributed by atoms with Crippen molar-refractivity contribution in [2.24, 2.45) is 17.8 Å². The number of nitrogens with one attached hydrogen (secondary N) is 1. The summed E-state index contributed by atoms with van der Waals surface area (Å²) in [5.74, 6) is 6.85. The Morgan fingerprint density at radius 3 is 2.79 bits per heavy atom. The topological polar surface area (TPSA) is 58.6 Å². The van der Waals surface area contributed by atoms with Gasteiger partial charge in [0.25, 0.3) is 5.91 Å². The summed E-state index contributed by atoms with van der Waals surface area (Å²) in [6.07, 6.45) is 9.95. The third-order valence-electron chi connectivity index (χ3n) is 9.87. The molecule has 4 aliphatic rings. The summed E-state index contributed by atoms with van der Waals surface area (Å²) in [7, 11) is -2.69. The van der Waals surface area contributed by atoms with Crippen molar-refractivity contribution in [3.8, 4) is 5.75 Å². The number of fused-ring (bicyclic) bond motifs is 4. The maximum atomic E-state index is 13.3. The van der Waals surface area contributed by atoms with Gasteiger partial charge in [-0.15, -0.1) is 0 Å². The number of carbonyl (C=O) groups excluding carboxylic acids is 1. The number of hydrogen-bond acceptors (Lipinski definition) is 4. The van der Waals surface area contributed by atoms with E-state index >= 15 is 0 Å². The first-order valence-corrected chi connectivity index (χ1v) is 17.0. The molecule has 0 aromatic heterocycles. The summed E-state index contributed by atoms with van der Waals surface area (Å²) in [4.78, 5) is 15.8. The van der Waals surface area contributed by atoms with E-state index in [0.717, 1.165) is 74.0 Å². The van der Waals surface area contributed by atoms with Crippen molar-refractivity contribution < 1.29 is 13.7 Å². The molecule has 2 aliphatic heterocycles. The smallest absolute Gasteiger partial charge is 0.262 e. The van der Waals surface area contributed by atoms with Crippen LogP contribution >= 0.6 is 11.6 Å². The third kappa shape index (κ3) is 5.44. The standard InChI is InChI=1S/C32H41ClN2O3S/c1-22-7-4-3-5-16-39(2,37)34-31(36)24-10-14-30-29(18-24)35(19-25-9-12-27(22)25)20-32(21-38-30)15-6-8-23-17-26(33)11-13-28(23)32/h10-11,13-14,17-18,22,25,27H,2-9,12,15-16,19-21H2,1H3,(H,34,36,37)/t22-,25+,27+,32+,39?/m1/s1. The Hall–Kier alpha value is -2.18. The molecule has 39 heavy (non-hydrogen) atoms. The normalized spacial score (nSPS) is 33.1. The zero-order chi connectivity index (χ0) is 27.2. The molecule has 1 fully saturated rings. The largest absolute Gasteiger partial charge is 0.490 e. The minimum atomic E-state index is -2.69. The molecule has 5 atom stereocenters. The van der Waals surface area contributed by atoms with Crippen molar-refractivity contribution in [3.05, 3.63) is 58.1 Å². The van der Waals surface area contributed by atoms with Crippen molar-refractivity contribution in [2.75, 3.05) is 30.3 Å². The molecule has 2 bridgehead atoms. The van der Waals surface area contributed by atoms with E-state index in [1.165, 1.54) is 30.4 Å². The number of rotatable bonds is 0. The fourth-order valence-corrected chi connectivity index (χ4v) is 9.00. The first-order valence-electron chi connectivity index (χ1n) is 14.7. The van der Waals surface area contributed by atoms with Crippen LogP contribution in [0.5, 0.6) is 5.75 Å². The van der Waals surface area contributed by atoms with E-state index in [1.54, 1.807) is 6.07 Å². The molecule has 6 rings (SSSR count). The van der Waals surface area contributed by atoms with Crippen molar-refractivity contribution >= 4 is 38.8 Å². The molecule has 210 valence electrons. The van der Waals surface area contributed by atoms with Gasteiger partial charge in [-0.1, -0.05) is 43.9 Å². The second-order valence-electron chi connectivity index (χ2n) is 12.6. The summed E-state index contributed by atoms with van der Waals surface area (Å²) in [5, 5.41) is 0.789. The van der Waals surface area contributed by atoms with Gasteiger partial charge in [0.05, 0.1) is 12.3 Å². The number of hydrogen-bond donors (Lipinski definition) is 1. The van der Waals surface area contributed by atoms with Gasteiger partial charge in [-0.25, -0.2) is 4.21 Å². The highest BCUT2D eigenvalue weighted by molar-refractivity contribution is 7.99. The molecule has 0 radical (unpaired) electrons. The zero-order valence-corrected chi connectivity index (χ0v) is 24.6. The highest BCUT2D eigenvalue weighted by Crippen LogP contribution is 2.47. The molecule has 1 N–H and O–H groups in total. The highest BCUT2D eigenvalue weighted by Gasteiger charge is 2.44. The lowest BCUT2D eigenvalue weighted by Gasteiger charge is -2.46. The van der Waals surface area contributed by atoms with Gasteiger partial charge in [-0.05, 0) is 104 Å². The summed E-state index contributed by atoms with van der Waals surface area (Å²) in [5.41, 5.74) is 4.04. The number of aryl methyl sites for hydroxylation is 1. The summed E-state index contributed by atoms with van der Waals surface area (Å²) in [6, 6.07) is 12.0. The van der Waals surface area contributed by atoms with Crippen LogP contribution in [0, 0.1) is 17.8 Å². The first kappa shape index (κ1) is 27.0. The van der Waals surface area contributed by atoms with Gasteiger partial charge in [-0.2, -0.15) is 0 Å². The minimum Gasteiger partial charge on any atom is -0.490 e. The number of amides is 1. The van der Waals surface area contributed by atoms with Crippen molar-refractivity contribution in [1.29, 1.82) is 0 Å². The van der Waals surface area contributed by atoms with Gasteiger partial charge < -0.3 is 9.64 Å². The monoisotopic (exact) mass is 568 g/mol. The molecule has 1 amide bonds. The summed E-state index contributed by atoms with van der Waals surface area (Å²) in [6.45, 7) is 4.84. The van der Waals surface area contributed by atoms with Gasteiger partial charge in [0, 0.05) is 44.6 Å². The van der Waals surface area contributed by atoms with Crippen molar-refractivity contribution in [3.63, 3.8) is 0 Å². The molecule has 2 aromatic carbocycles. The van der Waals surface area contributed by atoms with Crippen LogP contribution in [0.25, 0.3) is 0 Å². The van der Waals surface area contributed by atoms with Crippen LogP contribution in [-0.2, 0) is 21.5 Å². The van der Waals surface area contributed by atoms with Crippen molar-refractivity contribution in [2.45, 2.75) is 70.1 Å². The van der Waals surface area contributed by atoms with Crippen molar-refractivity contribution in [1.82, 2.24) is 4.72 Å². The number of nitrogens with zero attached hydrogens (tertiary/aromatic N) is 1. The Labute approximate surface area is 238 Å². The lowest BCUT2D eigenvalue weighted by molar-refractivity contribution is 0.0982. The van der Waals surface area contributed by atoms with E-state index in [9.17, 15) is 9.00 Å². The lowest BCUT2D eigenvalue weighted by atomic mass is 9.65. The third-order valence-corrected chi connectivity index (χ3v) is 11.6. The fourth-order valence-electron chi connectivity index (χ4n) is 7.58. The molecule has 1 unspecified atom stereocenters. The average Bonchev–Trinajstić information content (AvgIpc) is 3.02. The second kappa shape index (κ2) is 10.7. The molecule has 5 nitrogen and oxygen atoms in total. The average molecular weight is 569 g/mol. The van der Waals surface area contributed by atoms with Crippen LogP contribution in [0.2, 0.25) is 5.02 Å². The number of ether oxygens (including phenoxy) is 1. The Morgan fingerprint density at radius 2 is 1.97 bits per heavy atom. The molecular weight excluding hydrogens is 528 g/mol. The molecule has 2 aromatic rings. The number of carbonyl (C=O) groups is 1. The number of halogens is 1. The van der Waals surface area contributed by atoms with Gasteiger partial charge in [0.2, 0.25) is 0 Å². The van der Waals surface area contributed by atoms with Crippen LogP contribution in [0.15, 0.2) is 36.4 Å². The second-order valence-corrected chi connectivity index (χ2v) is 15.2. The minimum absolute atomic E-state index is 0.132. The van der Waals surface area contributed by atoms with E-state index in [-0.39, 0.29) is 11.3 Å². The van der Waals surface area contributed by atoms with E-state index in [4.69, 9.17) is 16.3 Å². The maximum absolute atomic E-state index is 13.3. The Balaban J connectivity index is 1.40. The molecule has 7 heteroatoms. The number of benzene rings is 2. The molecule has 0 saturated heterocycles. The molecule has 1 spiro atoms. The van der Waals surface area contributed by atoms with Crippen LogP contribution < -0.4 is 14.4 Å². The van der Waals surface area contributed by atoms with Crippen LogP contribution in [0.1, 0.15) is 79.8 Å². The maximum Gasteiger partial charge on any atom is 0.262 e. The van der Waals surface area contributed by atoms with Crippen LogP contribution in [0.4, 0.5) is 5.69 Å². The van der Waals surface area contributed by atoms with Gasteiger partial charge in [0.1, 0.15) is 5.75 Å². The summed E-state index contributed by atoms with van der Waals surface area (Å²) < 4.78 is 22.4. The molecule has 2 aliphatic carbocycles. The van der Waals surface area contributed by atoms with Gasteiger partial charge in [-0.3, -0.25) is 9.52 Å². The highest BCUT2D eigenvalue weighted by atomic mass is 35.5. The Bertz CT molecular complexity index is 1360. The van der Waals surface area contributed by atoms with E-state index < -0.39 is 9.71 Å². The van der Waals surface area contributed by atoms with Gasteiger partial charge >= 0.3 is 0 Å². The number of anilines is 1. The van der Waals surface area contributed by atoms with Crippen LogP contribution in [0.3, 0.4) is 0 Å². The van der Waals surface area contributed by atoms with E-state index in [0.29, 0.717) is 29.8 Å². The SMILES string of the molecule is C=S1(=O)CCCCC[C@@H](C)[C@@H]2CC[C@H]2CN2C[C@@]3(CCCc4cc(Cl)ccc43)COc3ccc(cc32)C(=O)N1. The fraction of sp³-hybridized carbons (Fsp3) is 0.562. The predicted octanol–water partition coefficient (Wildman–Crippen LogP) is 6.41. The predicted molar refractivity (Wildman–Crippen MR) is 162 cm³/mol.